The lowest BCUT2D eigenvalue weighted by Gasteiger charge is -2.16. The monoisotopic (exact) mass is 315 g/mol. The van der Waals surface area contributed by atoms with E-state index in [1.165, 1.54) is 0 Å². The molecule has 0 aliphatic rings. The Morgan fingerprint density at radius 1 is 0.952 bits per heavy atom. The minimum atomic E-state index is -0.0146. The lowest BCUT2D eigenvalue weighted by molar-refractivity contribution is 0.885. The van der Waals surface area contributed by atoms with Gasteiger partial charge in [0.05, 0.1) is 21.2 Å². The van der Waals surface area contributed by atoms with Crippen LogP contribution in [0.15, 0.2) is 36.4 Å². The molecular weight excluding hydrogens is 305 g/mol. The average molecular weight is 316 g/mol. The van der Waals surface area contributed by atoms with Gasteiger partial charge >= 0.3 is 0 Å². The fourth-order valence-electron chi connectivity index (χ4n) is 1.94. The SMILES string of the molecule is CC(Nc1ccc(C#N)c(C#N)c1)c1ccc(Cl)c(Cl)c1. The van der Waals surface area contributed by atoms with Crippen LogP contribution in [0.5, 0.6) is 0 Å². The summed E-state index contributed by atoms with van der Waals surface area (Å²) in [6.07, 6.45) is 0. The van der Waals surface area contributed by atoms with Gasteiger partial charge in [-0.1, -0.05) is 29.3 Å². The molecule has 21 heavy (non-hydrogen) atoms. The van der Waals surface area contributed by atoms with E-state index in [2.05, 4.69) is 5.32 Å². The normalized spacial score (nSPS) is 11.3. The molecule has 104 valence electrons. The molecule has 0 heterocycles. The van der Waals surface area contributed by atoms with Gasteiger partial charge in [0.25, 0.3) is 0 Å². The van der Waals surface area contributed by atoms with E-state index in [9.17, 15) is 0 Å². The number of nitrogens with zero attached hydrogens (tertiary/aromatic N) is 2. The van der Waals surface area contributed by atoms with E-state index in [0.29, 0.717) is 21.2 Å². The second-order valence-corrected chi connectivity index (χ2v) is 5.34. The largest absolute Gasteiger partial charge is 0.378 e. The number of halogens is 2. The van der Waals surface area contributed by atoms with Gasteiger partial charge in [-0.25, -0.2) is 0 Å². The summed E-state index contributed by atoms with van der Waals surface area (Å²) in [5.41, 5.74) is 2.46. The van der Waals surface area contributed by atoms with Gasteiger partial charge < -0.3 is 5.32 Å². The highest BCUT2D eigenvalue weighted by Crippen LogP contribution is 2.27. The molecule has 0 aliphatic heterocycles. The average Bonchev–Trinajstić information content (AvgIpc) is 2.49. The molecular formula is C16H11Cl2N3. The minimum absolute atomic E-state index is 0.0146. The number of nitriles is 2. The third-order valence-corrected chi connectivity index (χ3v) is 3.83. The van der Waals surface area contributed by atoms with Gasteiger partial charge in [0.15, 0.2) is 0 Å². The first-order valence-electron chi connectivity index (χ1n) is 6.21. The molecule has 0 fully saturated rings. The van der Waals surface area contributed by atoms with Crippen molar-refractivity contribution in [1.29, 1.82) is 10.5 Å². The first-order chi connectivity index (χ1) is 10.0. The van der Waals surface area contributed by atoms with Crippen LogP contribution in [0, 0.1) is 22.7 Å². The summed E-state index contributed by atoms with van der Waals surface area (Å²) in [6, 6.07) is 14.5. The lowest BCUT2D eigenvalue weighted by atomic mass is 10.1. The Hall–Kier alpha value is -2.20. The number of rotatable bonds is 3. The molecule has 3 nitrogen and oxygen atoms in total. The Kier molecular flexibility index (Phi) is 4.70. The van der Waals surface area contributed by atoms with E-state index in [-0.39, 0.29) is 6.04 Å². The van der Waals surface area contributed by atoms with Gasteiger partial charge in [-0.15, -0.1) is 0 Å². The molecule has 1 atom stereocenters. The number of anilines is 1. The van der Waals surface area contributed by atoms with Crippen molar-refractivity contribution in [2.75, 3.05) is 5.32 Å². The molecule has 1 N–H and O–H groups in total. The summed E-state index contributed by atoms with van der Waals surface area (Å²) < 4.78 is 0. The van der Waals surface area contributed by atoms with Crippen LogP contribution < -0.4 is 5.32 Å². The van der Waals surface area contributed by atoms with Crippen molar-refractivity contribution >= 4 is 28.9 Å². The smallest absolute Gasteiger partial charge is 0.101 e. The van der Waals surface area contributed by atoms with Crippen LogP contribution in [0.3, 0.4) is 0 Å². The molecule has 5 heteroatoms. The zero-order valence-corrected chi connectivity index (χ0v) is 12.7. The lowest BCUT2D eigenvalue weighted by Crippen LogP contribution is -2.07. The van der Waals surface area contributed by atoms with Gasteiger partial charge in [0, 0.05) is 11.7 Å². The third kappa shape index (κ3) is 3.47. The fourth-order valence-corrected chi connectivity index (χ4v) is 2.25. The summed E-state index contributed by atoms with van der Waals surface area (Å²) in [7, 11) is 0. The molecule has 0 amide bonds. The van der Waals surface area contributed by atoms with Crippen molar-refractivity contribution < 1.29 is 0 Å². The first-order valence-corrected chi connectivity index (χ1v) is 6.96. The highest BCUT2D eigenvalue weighted by Gasteiger charge is 2.09. The van der Waals surface area contributed by atoms with Crippen molar-refractivity contribution in [3.05, 3.63) is 63.1 Å². The zero-order valence-electron chi connectivity index (χ0n) is 11.2. The van der Waals surface area contributed by atoms with Crippen LogP contribution >= 0.6 is 23.2 Å². The first kappa shape index (κ1) is 15.2. The maximum atomic E-state index is 9.03. The van der Waals surface area contributed by atoms with Crippen molar-refractivity contribution in [3.63, 3.8) is 0 Å². The standard InChI is InChI=1S/C16H11Cl2N3/c1-10(11-3-5-15(17)16(18)7-11)21-14-4-2-12(8-19)13(6-14)9-20/h2-7,10,21H,1H3. The van der Waals surface area contributed by atoms with Crippen molar-refractivity contribution in [1.82, 2.24) is 0 Å². The van der Waals surface area contributed by atoms with Crippen molar-refractivity contribution in [2.45, 2.75) is 13.0 Å². The molecule has 0 bridgehead atoms. The maximum absolute atomic E-state index is 9.03. The second-order valence-electron chi connectivity index (χ2n) is 4.52. The summed E-state index contributed by atoms with van der Waals surface area (Å²) in [5.74, 6) is 0. The Balaban J connectivity index is 2.23. The van der Waals surface area contributed by atoms with Gasteiger partial charge in [0.1, 0.15) is 12.1 Å². The molecule has 0 saturated heterocycles. The molecule has 1 unspecified atom stereocenters. The topological polar surface area (TPSA) is 59.6 Å². The summed E-state index contributed by atoms with van der Waals surface area (Å²) in [6.45, 7) is 1.98. The number of hydrogen-bond acceptors (Lipinski definition) is 3. The van der Waals surface area contributed by atoms with E-state index in [4.69, 9.17) is 33.7 Å². The highest BCUT2D eigenvalue weighted by atomic mass is 35.5. The van der Waals surface area contributed by atoms with Crippen LogP contribution in [-0.4, -0.2) is 0 Å². The van der Waals surface area contributed by atoms with E-state index < -0.39 is 0 Å². The van der Waals surface area contributed by atoms with Crippen molar-refractivity contribution in [2.24, 2.45) is 0 Å². The second kappa shape index (κ2) is 6.50. The quantitative estimate of drug-likeness (QED) is 0.875. The van der Waals surface area contributed by atoms with Crippen molar-refractivity contribution in [3.8, 4) is 12.1 Å². The molecule has 0 aliphatic carbocycles. The van der Waals surface area contributed by atoms with Crippen LogP contribution in [0.1, 0.15) is 29.7 Å². The van der Waals surface area contributed by atoms with Crippen LogP contribution in [-0.2, 0) is 0 Å². The molecule has 0 spiro atoms. The molecule has 0 saturated carbocycles. The Labute approximate surface area is 133 Å². The van der Waals surface area contributed by atoms with Crippen LogP contribution in [0.4, 0.5) is 5.69 Å². The van der Waals surface area contributed by atoms with Gasteiger partial charge in [-0.05, 0) is 42.8 Å². The minimum Gasteiger partial charge on any atom is -0.378 e. The third-order valence-electron chi connectivity index (χ3n) is 3.09. The van der Waals surface area contributed by atoms with Gasteiger partial charge in [-0.3, -0.25) is 0 Å². The van der Waals surface area contributed by atoms with E-state index in [1.807, 2.05) is 25.1 Å². The Bertz CT molecular complexity index is 757. The molecule has 0 radical (unpaired) electrons. The fraction of sp³-hybridized carbons (Fsp3) is 0.125. The molecule has 2 aromatic carbocycles. The number of hydrogen-bond donors (Lipinski definition) is 1. The van der Waals surface area contributed by atoms with E-state index >= 15 is 0 Å². The van der Waals surface area contributed by atoms with Crippen LogP contribution in [0.25, 0.3) is 0 Å². The van der Waals surface area contributed by atoms with E-state index in [1.54, 1.807) is 30.3 Å². The summed E-state index contributed by atoms with van der Waals surface area (Å²) in [4.78, 5) is 0. The highest BCUT2D eigenvalue weighted by molar-refractivity contribution is 6.42. The predicted octanol–water partition coefficient (Wildman–Crippen LogP) is 4.91. The summed E-state index contributed by atoms with van der Waals surface area (Å²) in [5, 5.41) is 22.2. The van der Waals surface area contributed by atoms with Gasteiger partial charge in [-0.2, -0.15) is 10.5 Å². The maximum Gasteiger partial charge on any atom is 0.101 e. The molecule has 2 rings (SSSR count). The predicted molar refractivity (Wildman–Crippen MR) is 84.4 cm³/mol. The zero-order chi connectivity index (χ0) is 15.4. The number of benzene rings is 2. The van der Waals surface area contributed by atoms with Crippen LogP contribution in [0.2, 0.25) is 10.0 Å². The molecule has 0 aromatic heterocycles. The Morgan fingerprint density at radius 3 is 2.29 bits per heavy atom. The number of nitrogens with one attached hydrogen (secondary N) is 1. The van der Waals surface area contributed by atoms with Gasteiger partial charge in [0.2, 0.25) is 0 Å². The molecule has 2 aromatic rings. The van der Waals surface area contributed by atoms with E-state index in [0.717, 1.165) is 11.3 Å². The Morgan fingerprint density at radius 2 is 1.67 bits per heavy atom. The summed E-state index contributed by atoms with van der Waals surface area (Å²) >= 11 is 11.9.